The molecule has 7 aromatic carbocycles. The number of hydrogen-bond donors (Lipinski definition) is 0. The third-order valence-electron chi connectivity index (χ3n) is 10.2. The number of benzene rings is 7. The van der Waals surface area contributed by atoms with Gasteiger partial charge >= 0.3 is 0 Å². The van der Waals surface area contributed by atoms with Gasteiger partial charge in [-0.25, -0.2) is 0 Å². The van der Waals surface area contributed by atoms with Gasteiger partial charge in [-0.15, -0.1) is 11.3 Å². The highest BCUT2D eigenvalue weighted by atomic mass is 32.1. The number of para-hydroxylation sites is 2. The van der Waals surface area contributed by atoms with E-state index in [1.165, 1.54) is 53.6 Å². The van der Waals surface area contributed by atoms with Crippen molar-refractivity contribution in [3.05, 3.63) is 187 Å². The van der Waals surface area contributed by atoms with Crippen LogP contribution in [0.2, 0.25) is 0 Å². The normalized spacial score (nSPS) is 13.2. The van der Waals surface area contributed by atoms with Crippen molar-refractivity contribution < 1.29 is 4.42 Å². The minimum absolute atomic E-state index is 0.882. The quantitative estimate of drug-likeness (QED) is 0.175. The first-order chi connectivity index (χ1) is 25.3. The Labute approximate surface area is 300 Å². The second kappa shape index (κ2) is 12.3. The van der Waals surface area contributed by atoms with Gasteiger partial charge in [0.05, 0.1) is 16.8 Å². The van der Waals surface area contributed by atoms with Crippen LogP contribution in [0.25, 0.3) is 64.4 Å². The van der Waals surface area contributed by atoms with E-state index < -0.39 is 0 Å². The number of nitrogens with zero attached hydrogens (tertiary/aromatic N) is 1. The molecule has 2 heterocycles. The van der Waals surface area contributed by atoms with Gasteiger partial charge in [0.2, 0.25) is 0 Å². The molecule has 0 fully saturated rings. The maximum Gasteiger partial charge on any atom is 0.137 e. The average Bonchev–Trinajstić information content (AvgIpc) is 3.77. The molecule has 1 aliphatic carbocycles. The summed E-state index contributed by atoms with van der Waals surface area (Å²) in [6.45, 7) is 0. The molecule has 51 heavy (non-hydrogen) atoms. The van der Waals surface area contributed by atoms with Gasteiger partial charge in [-0.05, 0) is 89.2 Å². The monoisotopic (exact) mass is 671 g/mol. The van der Waals surface area contributed by atoms with Crippen molar-refractivity contribution in [2.75, 3.05) is 4.90 Å². The average molecular weight is 672 g/mol. The SMILES string of the molecule is C1=C(c2ccccc2)CCC(c2cccc(N(c3ccccc3-c3ccc4c(c3)sc3ccccc34)c3cccc4oc5ccccc5c34)c2)=C1. The summed E-state index contributed by atoms with van der Waals surface area (Å²) < 4.78 is 9.05. The summed E-state index contributed by atoms with van der Waals surface area (Å²) in [6, 6.07) is 59.1. The molecule has 0 bridgehead atoms. The number of fused-ring (bicyclic) bond motifs is 6. The summed E-state index contributed by atoms with van der Waals surface area (Å²) in [5, 5.41) is 4.85. The van der Waals surface area contributed by atoms with Gasteiger partial charge in [-0.3, -0.25) is 0 Å². The van der Waals surface area contributed by atoms with E-state index in [9.17, 15) is 0 Å². The molecule has 2 nitrogen and oxygen atoms in total. The van der Waals surface area contributed by atoms with Crippen LogP contribution in [0.15, 0.2) is 180 Å². The molecule has 0 aliphatic heterocycles. The summed E-state index contributed by atoms with van der Waals surface area (Å²) in [7, 11) is 0. The zero-order valence-corrected chi connectivity index (χ0v) is 28.7. The number of hydrogen-bond acceptors (Lipinski definition) is 3. The van der Waals surface area contributed by atoms with Gasteiger partial charge in [-0.1, -0.05) is 127 Å². The Morgan fingerprint density at radius 2 is 1.12 bits per heavy atom. The maximum atomic E-state index is 6.43. The zero-order valence-electron chi connectivity index (χ0n) is 27.9. The molecule has 3 heteroatoms. The highest BCUT2D eigenvalue weighted by Gasteiger charge is 2.23. The zero-order chi connectivity index (χ0) is 33.7. The van der Waals surface area contributed by atoms with Crippen LogP contribution in [-0.4, -0.2) is 0 Å². The number of anilines is 3. The molecule has 0 atom stereocenters. The fourth-order valence-electron chi connectivity index (χ4n) is 7.77. The molecule has 242 valence electrons. The summed E-state index contributed by atoms with van der Waals surface area (Å²) in [5.74, 6) is 0. The standard InChI is InChI=1S/C48H33NOS/c1-2-12-32(13-3-1)33-24-26-34(27-25-33)35-14-10-15-37(30-35)49(43-20-11-22-45-48(43)41-18-5-8-21-44(41)50-45)42-19-7-4-16-38(42)36-28-29-40-39-17-6-9-23-46(39)51-47(40)31-36/h1-24,26,28-31H,25,27H2. The van der Waals surface area contributed by atoms with Crippen LogP contribution < -0.4 is 4.90 Å². The molecule has 10 rings (SSSR count). The molecule has 0 saturated carbocycles. The number of furan rings is 1. The molecule has 0 amide bonds. The Hall–Kier alpha value is -6.16. The van der Waals surface area contributed by atoms with E-state index in [4.69, 9.17) is 4.42 Å². The van der Waals surface area contributed by atoms with E-state index in [1.807, 2.05) is 17.4 Å². The van der Waals surface area contributed by atoms with Crippen LogP contribution in [0.3, 0.4) is 0 Å². The molecule has 1 aliphatic rings. The van der Waals surface area contributed by atoms with Crippen LogP contribution in [0.4, 0.5) is 17.1 Å². The van der Waals surface area contributed by atoms with Crippen molar-refractivity contribution in [3.8, 4) is 11.1 Å². The van der Waals surface area contributed by atoms with Crippen molar-refractivity contribution >= 4 is 81.7 Å². The first-order valence-electron chi connectivity index (χ1n) is 17.6. The minimum Gasteiger partial charge on any atom is -0.456 e. The third-order valence-corrected chi connectivity index (χ3v) is 11.4. The second-order valence-electron chi connectivity index (χ2n) is 13.2. The Bertz CT molecular complexity index is 2820. The molecular weight excluding hydrogens is 639 g/mol. The molecule has 0 saturated heterocycles. The Balaban J connectivity index is 1.16. The lowest BCUT2D eigenvalue weighted by molar-refractivity contribution is 0.669. The lowest BCUT2D eigenvalue weighted by Gasteiger charge is -2.29. The topological polar surface area (TPSA) is 16.4 Å². The number of thiophene rings is 1. The van der Waals surface area contributed by atoms with Crippen molar-refractivity contribution in [1.82, 2.24) is 0 Å². The van der Waals surface area contributed by atoms with Gasteiger partial charge in [0, 0.05) is 36.8 Å². The molecule has 0 N–H and O–H groups in total. The molecule has 0 radical (unpaired) electrons. The highest BCUT2D eigenvalue weighted by Crippen LogP contribution is 2.47. The third kappa shape index (κ3) is 5.17. The smallest absolute Gasteiger partial charge is 0.137 e. The molecular formula is C48H33NOS. The first kappa shape index (κ1) is 29.7. The van der Waals surface area contributed by atoms with Crippen molar-refractivity contribution in [1.29, 1.82) is 0 Å². The van der Waals surface area contributed by atoms with Gasteiger partial charge in [0.15, 0.2) is 0 Å². The van der Waals surface area contributed by atoms with Crippen LogP contribution in [0.1, 0.15) is 24.0 Å². The summed E-state index contributed by atoms with van der Waals surface area (Å²) >= 11 is 1.86. The molecule has 0 unspecified atom stereocenters. The minimum atomic E-state index is 0.882. The second-order valence-corrected chi connectivity index (χ2v) is 14.3. The van der Waals surface area contributed by atoms with E-state index in [0.29, 0.717) is 0 Å². The van der Waals surface area contributed by atoms with Gasteiger partial charge in [0.1, 0.15) is 11.2 Å². The van der Waals surface area contributed by atoms with Crippen molar-refractivity contribution in [3.63, 3.8) is 0 Å². The summed E-state index contributed by atoms with van der Waals surface area (Å²) in [6.07, 6.45) is 6.63. The molecule has 0 spiro atoms. The van der Waals surface area contributed by atoms with E-state index >= 15 is 0 Å². The number of rotatable bonds is 6. The van der Waals surface area contributed by atoms with Crippen LogP contribution in [-0.2, 0) is 0 Å². The lowest BCUT2D eigenvalue weighted by atomic mass is 9.90. The predicted molar refractivity (Wildman–Crippen MR) is 218 cm³/mol. The van der Waals surface area contributed by atoms with Crippen LogP contribution >= 0.6 is 11.3 Å². The maximum absolute atomic E-state index is 6.43. The fraction of sp³-hybridized carbons (Fsp3) is 0.0417. The molecule has 2 aromatic heterocycles. The highest BCUT2D eigenvalue weighted by molar-refractivity contribution is 7.25. The number of allylic oxidation sites excluding steroid dienone is 4. The van der Waals surface area contributed by atoms with Gasteiger partial charge in [-0.2, -0.15) is 0 Å². The Kier molecular flexibility index (Phi) is 7.18. The Morgan fingerprint density at radius 1 is 0.451 bits per heavy atom. The van der Waals surface area contributed by atoms with E-state index in [2.05, 4.69) is 175 Å². The molecule has 9 aromatic rings. The van der Waals surface area contributed by atoms with E-state index in [-0.39, 0.29) is 0 Å². The van der Waals surface area contributed by atoms with Crippen LogP contribution in [0, 0.1) is 0 Å². The Morgan fingerprint density at radius 3 is 2.00 bits per heavy atom. The van der Waals surface area contributed by atoms with Crippen molar-refractivity contribution in [2.24, 2.45) is 0 Å². The predicted octanol–water partition coefficient (Wildman–Crippen LogP) is 14.4. The van der Waals surface area contributed by atoms with Gasteiger partial charge < -0.3 is 9.32 Å². The van der Waals surface area contributed by atoms with E-state index in [0.717, 1.165) is 51.8 Å². The van der Waals surface area contributed by atoms with Crippen LogP contribution in [0.5, 0.6) is 0 Å². The lowest BCUT2D eigenvalue weighted by Crippen LogP contribution is -2.12. The van der Waals surface area contributed by atoms with E-state index in [1.54, 1.807) is 0 Å². The summed E-state index contributed by atoms with van der Waals surface area (Å²) in [5.41, 5.74) is 12.8. The van der Waals surface area contributed by atoms with Gasteiger partial charge in [0.25, 0.3) is 0 Å². The summed E-state index contributed by atoms with van der Waals surface area (Å²) in [4.78, 5) is 2.44. The fourth-order valence-corrected chi connectivity index (χ4v) is 8.92. The van der Waals surface area contributed by atoms with Crippen molar-refractivity contribution in [2.45, 2.75) is 12.8 Å². The first-order valence-corrected chi connectivity index (χ1v) is 18.4. The largest absolute Gasteiger partial charge is 0.456 e.